The van der Waals surface area contributed by atoms with Crippen molar-refractivity contribution in [2.24, 2.45) is 17.3 Å². The minimum atomic E-state index is 0.822. The lowest BCUT2D eigenvalue weighted by atomic mass is 9.62. The quantitative estimate of drug-likeness (QED) is 0.566. The van der Waals surface area contributed by atoms with Crippen LogP contribution in [0.15, 0.2) is 0 Å². The normalized spacial score (nSPS) is 30.7. The molecule has 18 heavy (non-hydrogen) atoms. The van der Waals surface area contributed by atoms with Crippen molar-refractivity contribution in [1.82, 2.24) is 0 Å². The second kappa shape index (κ2) is 5.97. The Labute approximate surface area is 114 Å². The molecule has 0 atom stereocenters. The summed E-state index contributed by atoms with van der Waals surface area (Å²) in [5, 5.41) is 0. The van der Waals surface area contributed by atoms with Gasteiger partial charge in [-0.2, -0.15) is 0 Å². The molecule has 0 radical (unpaired) electrons. The molecule has 0 spiro atoms. The molecule has 3 aliphatic carbocycles. The zero-order valence-electron chi connectivity index (χ0n) is 12.3. The first kappa shape index (κ1) is 13.0. The highest BCUT2D eigenvalue weighted by Crippen LogP contribution is 2.54. The minimum absolute atomic E-state index is 0.822. The topological polar surface area (TPSA) is 0 Å². The predicted octanol–water partition coefficient (Wildman–Crippen LogP) is 6.10. The van der Waals surface area contributed by atoms with E-state index in [1.807, 2.05) is 0 Å². The first-order chi connectivity index (χ1) is 8.89. The Hall–Kier alpha value is 0. The van der Waals surface area contributed by atoms with E-state index in [4.69, 9.17) is 0 Å². The molecule has 0 aromatic carbocycles. The van der Waals surface area contributed by atoms with Crippen molar-refractivity contribution in [3.8, 4) is 0 Å². The molecule has 0 aromatic heterocycles. The van der Waals surface area contributed by atoms with Gasteiger partial charge in [0.25, 0.3) is 0 Å². The van der Waals surface area contributed by atoms with E-state index in [9.17, 15) is 0 Å². The van der Waals surface area contributed by atoms with Gasteiger partial charge < -0.3 is 0 Å². The Morgan fingerprint density at radius 3 is 1.78 bits per heavy atom. The van der Waals surface area contributed by atoms with Gasteiger partial charge in [-0.3, -0.25) is 0 Å². The summed E-state index contributed by atoms with van der Waals surface area (Å²) < 4.78 is 0. The van der Waals surface area contributed by atoms with Crippen LogP contribution in [0, 0.1) is 17.3 Å². The van der Waals surface area contributed by atoms with Crippen molar-refractivity contribution >= 4 is 0 Å². The average molecular weight is 248 g/mol. The van der Waals surface area contributed by atoms with E-state index in [0.29, 0.717) is 0 Å². The predicted molar refractivity (Wildman–Crippen MR) is 78.7 cm³/mol. The summed E-state index contributed by atoms with van der Waals surface area (Å²) in [7, 11) is 0. The summed E-state index contributed by atoms with van der Waals surface area (Å²) in [5.41, 5.74) is 0.822. The van der Waals surface area contributed by atoms with Gasteiger partial charge in [-0.25, -0.2) is 0 Å². The first-order valence-electron chi connectivity index (χ1n) is 8.89. The number of hydrogen-bond donors (Lipinski definition) is 0. The molecular formula is C18H32. The van der Waals surface area contributed by atoms with Crippen LogP contribution in [-0.2, 0) is 0 Å². The summed E-state index contributed by atoms with van der Waals surface area (Å²) in [6, 6.07) is 0. The van der Waals surface area contributed by atoms with Gasteiger partial charge in [-0.1, -0.05) is 64.2 Å². The van der Waals surface area contributed by atoms with Crippen LogP contribution in [0.3, 0.4) is 0 Å². The van der Waals surface area contributed by atoms with E-state index in [0.717, 1.165) is 17.3 Å². The number of rotatable bonds is 3. The van der Waals surface area contributed by atoms with Gasteiger partial charge in [0.15, 0.2) is 0 Å². The largest absolute Gasteiger partial charge is 0.0533 e. The van der Waals surface area contributed by atoms with Crippen molar-refractivity contribution in [3.05, 3.63) is 0 Å². The van der Waals surface area contributed by atoms with Gasteiger partial charge in [0.1, 0.15) is 0 Å². The molecule has 0 N–H and O–H groups in total. The van der Waals surface area contributed by atoms with Crippen LogP contribution in [0.4, 0.5) is 0 Å². The molecule has 0 amide bonds. The highest BCUT2D eigenvalue weighted by atomic mass is 14.5. The summed E-state index contributed by atoms with van der Waals surface area (Å²) in [4.78, 5) is 0. The molecule has 3 aliphatic rings. The van der Waals surface area contributed by atoms with Gasteiger partial charge in [0, 0.05) is 0 Å². The van der Waals surface area contributed by atoms with E-state index < -0.39 is 0 Å². The molecule has 3 saturated carbocycles. The maximum absolute atomic E-state index is 1.62. The van der Waals surface area contributed by atoms with Crippen LogP contribution in [0.1, 0.15) is 96.3 Å². The third-order valence-electron chi connectivity index (χ3n) is 6.49. The van der Waals surface area contributed by atoms with Crippen LogP contribution in [-0.4, -0.2) is 0 Å². The highest BCUT2D eigenvalue weighted by Gasteiger charge is 2.42. The first-order valence-corrected chi connectivity index (χ1v) is 8.89. The van der Waals surface area contributed by atoms with Crippen molar-refractivity contribution in [2.45, 2.75) is 96.3 Å². The third-order valence-corrected chi connectivity index (χ3v) is 6.49. The van der Waals surface area contributed by atoms with Gasteiger partial charge in [0.2, 0.25) is 0 Å². The smallest absolute Gasteiger partial charge is 0.0267 e. The van der Waals surface area contributed by atoms with Crippen molar-refractivity contribution in [3.63, 3.8) is 0 Å². The molecule has 0 aliphatic heterocycles. The summed E-state index contributed by atoms with van der Waals surface area (Å²) >= 11 is 0. The SMILES string of the molecule is C1CCC(CC2(C3CCCCC3)CCCC2)CC1. The second-order valence-corrected chi connectivity index (χ2v) is 7.61. The lowest BCUT2D eigenvalue weighted by Crippen LogP contribution is -2.32. The van der Waals surface area contributed by atoms with E-state index >= 15 is 0 Å². The van der Waals surface area contributed by atoms with Crippen LogP contribution in [0.25, 0.3) is 0 Å². The maximum atomic E-state index is 1.62. The minimum Gasteiger partial charge on any atom is -0.0533 e. The molecule has 0 unspecified atom stereocenters. The van der Waals surface area contributed by atoms with Crippen molar-refractivity contribution < 1.29 is 0 Å². The molecule has 0 nitrogen and oxygen atoms in total. The molecule has 0 saturated heterocycles. The van der Waals surface area contributed by atoms with Crippen LogP contribution >= 0.6 is 0 Å². The van der Waals surface area contributed by atoms with Crippen LogP contribution in [0.2, 0.25) is 0 Å². The molecule has 104 valence electrons. The highest BCUT2D eigenvalue weighted by molar-refractivity contribution is 4.93. The Balaban J connectivity index is 1.65. The zero-order chi connectivity index (χ0) is 12.3. The van der Waals surface area contributed by atoms with Crippen LogP contribution in [0.5, 0.6) is 0 Å². The average Bonchev–Trinajstić information content (AvgIpc) is 2.91. The standard InChI is InChI=1S/C18H32/c1-3-9-16(10-4-1)15-18(13-7-8-14-18)17-11-5-2-6-12-17/h16-17H,1-15H2. The summed E-state index contributed by atoms with van der Waals surface area (Å²) in [6.45, 7) is 0. The fourth-order valence-corrected chi connectivity index (χ4v) is 5.54. The van der Waals surface area contributed by atoms with Crippen molar-refractivity contribution in [1.29, 1.82) is 0 Å². The van der Waals surface area contributed by atoms with E-state index in [-0.39, 0.29) is 0 Å². The molecule has 0 heteroatoms. The maximum Gasteiger partial charge on any atom is -0.0267 e. The fourth-order valence-electron chi connectivity index (χ4n) is 5.54. The van der Waals surface area contributed by atoms with Gasteiger partial charge in [0.05, 0.1) is 0 Å². The summed E-state index contributed by atoms with van der Waals surface area (Å²) in [5.74, 6) is 2.23. The van der Waals surface area contributed by atoms with Gasteiger partial charge in [-0.15, -0.1) is 0 Å². The molecule has 3 fully saturated rings. The molecule has 0 heterocycles. The Bertz CT molecular complexity index is 237. The van der Waals surface area contributed by atoms with Gasteiger partial charge >= 0.3 is 0 Å². The van der Waals surface area contributed by atoms with Gasteiger partial charge in [-0.05, 0) is 49.4 Å². The lowest BCUT2D eigenvalue weighted by molar-refractivity contribution is 0.0785. The van der Waals surface area contributed by atoms with E-state index in [1.54, 1.807) is 57.8 Å². The van der Waals surface area contributed by atoms with E-state index in [1.165, 1.54) is 38.5 Å². The Morgan fingerprint density at radius 2 is 1.17 bits per heavy atom. The summed E-state index contributed by atoms with van der Waals surface area (Å²) in [6.07, 6.45) is 23.4. The number of hydrogen-bond acceptors (Lipinski definition) is 0. The zero-order valence-corrected chi connectivity index (χ0v) is 12.3. The lowest BCUT2D eigenvalue weighted by Gasteiger charge is -2.43. The molecule has 0 aromatic rings. The molecular weight excluding hydrogens is 216 g/mol. The molecule has 0 bridgehead atoms. The fraction of sp³-hybridized carbons (Fsp3) is 1.00. The molecule has 3 rings (SSSR count). The monoisotopic (exact) mass is 248 g/mol. The third kappa shape index (κ3) is 2.78. The van der Waals surface area contributed by atoms with Crippen LogP contribution < -0.4 is 0 Å². The Morgan fingerprint density at radius 1 is 0.611 bits per heavy atom. The van der Waals surface area contributed by atoms with Crippen molar-refractivity contribution in [2.75, 3.05) is 0 Å². The Kier molecular flexibility index (Phi) is 4.31. The van der Waals surface area contributed by atoms with E-state index in [2.05, 4.69) is 0 Å². The second-order valence-electron chi connectivity index (χ2n) is 7.61.